The van der Waals surface area contributed by atoms with E-state index in [4.69, 9.17) is 10.00 Å². The number of anilines is 3. The Bertz CT molecular complexity index is 2190. The number of rotatable bonds is 8. The summed E-state index contributed by atoms with van der Waals surface area (Å²) in [5.41, 5.74) is 8.86. The van der Waals surface area contributed by atoms with Gasteiger partial charge in [0.15, 0.2) is 11.4 Å². The molecule has 0 fully saturated rings. The second-order valence-corrected chi connectivity index (χ2v) is 11.0. The standard InChI is InChI=1S/C37H27N7O2/c38-20-26-5-3-24(4-6-26)12-16-44-23-30(28-11-15-40-22-35(28)44)27-8-9-29-32(19-27)42-31-10-7-25(18-33(31)43-37(29)45)13-17-46-36-2-1-14-41-34(36)21-39/h1-11,14-15,18-19,22-23,42H,12-13,16-17H2,(H,43,45). The van der Waals surface area contributed by atoms with Gasteiger partial charge in [-0.3, -0.25) is 9.78 Å². The molecular formula is C37H27N7O2. The van der Waals surface area contributed by atoms with Gasteiger partial charge in [0.1, 0.15) is 6.07 Å². The van der Waals surface area contributed by atoms with Gasteiger partial charge in [-0.1, -0.05) is 24.3 Å². The number of hydrogen-bond donors (Lipinski definition) is 2. The van der Waals surface area contributed by atoms with Gasteiger partial charge in [-0.2, -0.15) is 10.5 Å². The lowest BCUT2D eigenvalue weighted by atomic mass is 10.0. The Balaban J connectivity index is 1.12. The van der Waals surface area contributed by atoms with Gasteiger partial charge in [0.05, 0.1) is 52.6 Å². The van der Waals surface area contributed by atoms with Crippen molar-refractivity contribution in [1.29, 1.82) is 10.5 Å². The summed E-state index contributed by atoms with van der Waals surface area (Å²) in [7, 11) is 0. The van der Waals surface area contributed by atoms with E-state index in [0.29, 0.717) is 35.6 Å². The number of benzene rings is 3. The number of nitriles is 2. The van der Waals surface area contributed by atoms with Gasteiger partial charge < -0.3 is 19.9 Å². The second-order valence-electron chi connectivity index (χ2n) is 11.0. The number of nitrogens with zero attached hydrogens (tertiary/aromatic N) is 5. The number of ether oxygens (including phenoxy) is 1. The summed E-state index contributed by atoms with van der Waals surface area (Å²) in [5, 5.41) is 26.0. The highest BCUT2D eigenvalue weighted by atomic mass is 16.5. The molecule has 0 aliphatic carbocycles. The highest BCUT2D eigenvalue weighted by molar-refractivity contribution is 6.13. The fraction of sp³-hybridized carbons (Fsp3) is 0.108. The highest BCUT2D eigenvalue weighted by Gasteiger charge is 2.21. The van der Waals surface area contributed by atoms with Crippen LogP contribution in [-0.4, -0.2) is 27.0 Å². The van der Waals surface area contributed by atoms with Crippen LogP contribution in [0.5, 0.6) is 5.75 Å². The SMILES string of the molecule is N#Cc1ccc(CCn2cc(-c3ccc4c(c3)Nc3ccc(CCOc5cccnc5C#N)cc3NC4=O)c3ccncc32)cc1. The number of aryl methyl sites for hydroxylation is 2. The molecule has 1 amide bonds. The van der Waals surface area contributed by atoms with Crippen LogP contribution in [0.25, 0.3) is 22.0 Å². The quantitative estimate of drug-likeness (QED) is 0.192. The smallest absolute Gasteiger partial charge is 0.257 e. The van der Waals surface area contributed by atoms with Crippen molar-refractivity contribution >= 4 is 33.9 Å². The molecule has 9 nitrogen and oxygen atoms in total. The molecule has 3 aromatic carbocycles. The van der Waals surface area contributed by atoms with Crippen molar-refractivity contribution in [3.8, 4) is 29.0 Å². The predicted molar refractivity (Wildman–Crippen MR) is 176 cm³/mol. The fourth-order valence-corrected chi connectivity index (χ4v) is 5.73. The lowest BCUT2D eigenvalue weighted by Gasteiger charge is -2.12. The number of nitrogens with one attached hydrogen (secondary N) is 2. The summed E-state index contributed by atoms with van der Waals surface area (Å²) in [5.74, 6) is 0.260. The third-order valence-corrected chi connectivity index (χ3v) is 8.11. The van der Waals surface area contributed by atoms with E-state index >= 15 is 0 Å². The van der Waals surface area contributed by atoms with Crippen molar-refractivity contribution in [2.75, 3.05) is 17.2 Å². The third kappa shape index (κ3) is 5.61. The molecule has 2 N–H and O–H groups in total. The van der Waals surface area contributed by atoms with Crippen LogP contribution in [0.3, 0.4) is 0 Å². The maximum absolute atomic E-state index is 13.3. The number of hydrogen-bond acceptors (Lipinski definition) is 7. The Morgan fingerprint density at radius 1 is 0.804 bits per heavy atom. The van der Waals surface area contributed by atoms with Crippen molar-refractivity contribution < 1.29 is 9.53 Å². The Kier molecular flexibility index (Phi) is 7.56. The highest BCUT2D eigenvalue weighted by Crippen LogP contribution is 2.37. The molecule has 4 heterocycles. The van der Waals surface area contributed by atoms with Crippen LogP contribution in [-0.2, 0) is 19.4 Å². The number of amides is 1. The van der Waals surface area contributed by atoms with E-state index < -0.39 is 0 Å². The summed E-state index contributed by atoms with van der Waals surface area (Å²) in [4.78, 5) is 21.7. The molecular weight excluding hydrogens is 574 g/mol. The summed E-state index contributed by atoms with van der Waals surface area (Å²) < 4.78 is 8.01. The molecule has 3 aromatic heterocycles. The molecule has 9 heteroatoms. The first-order chi connectivity index (χ1) is 22.6. The molecule has 222 valence electrons. The average Bonchev–Trinajstić information content (AvgIpc) is 3.40. The number of aromatic nitrogens is 3. The van der Waals surface area contributed by atoms with Crippen molar-refractivity contribution in [2.24, 2.45) is 0 Å². The molecule has 1 aliphatic heterocycles. The van der Waals surface area contributed by atoms with Crippen molar-refractivity contribution in [1.82, 2.24) is 14.5 Å². The summed E-state index contributed by atoms with van der Waals surface area (Å²) in [6.07, 6.45) is 8.77. The Morgan fingerprint density at radius 2 is 1.67 bits per heavy atom. The predicted octanol–water partition coefficient (Wildman–Crippen LogP) is 7.02. The Labute approximate surface area is 265 Å². The monoisotopic (exact) mass is 601 g/mol. The van der Waals surface area contributed by atoms with Gasteiger partial charge in [-0.25, -0.2) is 4.98 Å². The topological polar surface area (TPSA) is 129 Å². The minimum Gasteiger partial charge on any atom is -0.490 e. The zero-order valence-electron chi connectivity index (χ0n) is 24.7. The van der Waals surface area contributed by atoms with Crippen molar-refractivity contribution in [3.63, 3.8) is 0 Å². The molecule has 46 heavy (non-hydrogen) atoms. The molecule has 0 saturated carbocycles. The molecule has 0 saturated heterocycles. The third-order valence-electron chi connectivity index (χ3n) is 8.11. The number of carbonyl (C=O) groups is 1. The number of carbonyl (C=O) groups excluding carboxylic acids is 1. The minimum atomic E-state index is -0.190. The van der Waals surface area contributed by atoms with Crippen LogP contribution < -0.4 is 15.4 Å². The van der Waals surface area contributed by atoms with Crippen LogP contribution in [0.4, 0.5) is 17.1 Å². The molecule has 6 aromatic rings. The van der Waals surface area contributed by atoms with Crippen LogP contribution in [0.1, 0.15) is 32.7 Å². The van der Waals surface area contributed by atoms with Crippen LogP contribution in [0, 0.1) is 22.7 Å². The van der Waals surface area contributed by atoms with Gasteiger partial charge in [-0.15, -0.1) is 0 Å². The fourth-order valence-electron chi connectivity index (χ4n) is 5.73. The Hall–Kier alpha value is -6.45. The molecule has 1 aliphatic rings. The molecule has 0 atom stereocenters. The first-order valence-corrected chi connectivity index (χ1v) is 14.8. The number of fused-ring (bicyclic) bond motifs is 3. The van der Waals surface area contributed by atoms with E-state index in [2.05, 4.69) is 37.4 Å². The van der Waals surface area contributed by atoms with Gasteiger partial charge in [-0.05, 0) is 77.7 Å². The first kappa shape index (κ1) is 28.3. The van der Waals surface area contributed by atoms with E-state index in [1.165, 1.54) is 0 Å². The molecule has 0 unspecified atom stereocenters. The molecule has 7 rings (SSSR count). The van der Waals surface area contributed by atoms with Crippen LogP contribution >= 0.6 is 0 Å². The number of pyridine rings is 2. The van der Waals surface area contributed by atoms with E-state index in [9.17, 15) is 10.1 Å². The lowest BCUT2D eigenvalue weighted by molar-refractivity contribution is 0.102. The lowest BCUT2D eigenvalue weighted by Crippen LogP contribution is -2.11. The van der Waals surface area contributed by atoms with E-state index in [1.54, 1.807) is 24.5 Å². The maximum atomic E-state index is 13.3. The van der Waals surface area contributed by atoms with Crippen molar-refractivity contribution in [3.05, 3.63) is 132 Å². The molecule has 0 bridgehead atoms. The molecule has 0 radical (unpaired) electrons. The van der Waals surface area contributed by atoms with Gasteiger partial charge in [0.25, 0.3) is 5.91 Å². The van der Waals surface area contributed by atoms with E-state index in [-0.39, 0.29) is 11.6 Å². The zero-order chi connectivity index (χ0) is 31.5. The summed E-state index contributed by atoms with van der Waals surface area (Å²) in [6, 6.07) is 29.1. The largest absolute Gasteiger partial charge is 0.490 e. The molecule has 0 spiro atoms. The minimum absolute atomic E-state index is 0.190. The first-order valence-electron chi connectivity index (χ1n) is 14.8. The van der Waals surface area contributed by atoms with E-state index in [0.717, 1.165) is 57.5 Å². The second kappa shape index (κ2) is 12.3. The van der Waals surface area contributed by atoms with Crippen LogP contribution in [0.15, 0.2) is 104 Å². The van der Waals surface area contributed by atoms with E-state index in [1.807, 2.05) is 79.0 Å². The summed E-state index contributed by atoms with van der Waals surface area (Å²) >= 11 is 0. The van der Waals surface area contributed by atoms with Gasteiger partial charge in [0.2, 0.25) is 0 Å². The van der Waals surface area contributed by atoms with Crippen molar-refractivity contribution in [2.45, 2.75) is 19.4 Å². The summed E-state index contributed by atoms with van der Waals surface area (Å²) in [6.45, 7) is 1.11. The average molecular weight is 602 g/mol. The van der Waals surface area contributed by atoms with Gasteiger partial charge >= 0.3 is 0 Å². The normalized spacial score (nSPS) is 11.7. The Morgan fingerprint density at radius 3 is 2.52 bits per heavy atom. The van der Waals surface area contributed by atoms with Crippen LogP contribution in [0.2, 0.25) is 0 Å². The zero-order valence-corrected chi connectivity index (χ0v) is 24.7. The van der Waals surface area contributed by atoms with Gasteiger partial charge in [0, 0.05) is 42.5 Å². The maximum Gasteiger partial charge on any atom is 0.257 e.